The number of hydrogen-bond acceptors (Lipinski definition) is 6. The lowest BCUT2D eigenvalue weighted by atomic mass is 9.89. The minimum atomic E-state index is -0.969. The van der Waals surface area contributed by atoms with Crippen LogP contribution in [-0.2, 0) is 11.2 Å². The number of carbonyl (C=O) groups excluding carboxylic acids is 1. The van der Waals surface area contributed by atoms with Crippen molar-refractivity contribution in [3.63, 3.8) is 0 Å². The van der Waals surface area contributed by atoms with Gasteiger partial charge in [-0.25, -0.2) is 9.80 Å². The van der Waals surface area contributed by atoms with Crippen molar-refractivity contribution in [3.8, 4) is 11.5 Å². The minimum Gasteiger partial charge on any atom is -0.497 e. The van der Waals surface area contributed by atoms with Gasteiger partial charge in [-0.1, -0.05) is 34.1 Å². The zero-order chi connectivity index (χ0) is 23.4. The van der Waals surface area contributed by atoms with Gasteiger partial charge in [0.05, 0.1) is 24.4 Å². The van der Waals surface area contributed by atoms with Gasteiger partial charge >= 0.3 is 5.97 Å². The SMILES string of the molecule is COc1ccc(C2=NN3C(C2)c2cc(Br)ccc2OC3(C)C2Cc3ccccc3C(=O)O2)cc1. The molecule has 0 fully saturated rings. The molecule has 172 valence electrons. The molecule has 0 saturated heterocycles. The number of hydrazone groups is 1. The second-order valence-corrected chi connectivity index (χ2v) is 9.85. The monoisotopic (exact) mass is 518 g/mol. The van der Waals surface area contributed by atoms with E-state index in [1.807, 2.05) is 72.6 Å². The second-order valence-electron chi connectivity index (χ2n) is 8.93. The van der Waals surface area contributed by atoms with Crippen LogP contribution < -0.4 is 9.47 Å². The van der Waals surface area contributed by atoms with Gasteiger partial charge in [0.15, 0.2) is 6.10 Å². The summed E-state index contributed by atoms with van der Waals surface area (Å²) < 4.78 is 18.9. The Morgan fingerprint density at radius 2 is 1.88 bits per heavy atom. The topological polar surface area (TPSA) is 60.4 Å². The number of nitrogens with zero attached hydrogens (tertiary/aromatic N) is 2. The highest BCUT2D eigenvalue weighted by Gasteiger charge is 2.54. The molecule has 34 heavy (non-hydrogen) atoms. The molecule has 0 radical (unpaired) electrons. The molecule has 6 nitrogen and oxygen atoms in total. The first-order valence-corrected chi connectivity index (χ1v) is 12.0. The minimum absolute atomic E-state index is 0.0424. The van der Waals surface area contributed by atoms with Gasteiger partial charge in [-0.2, -0.15) is 5.10 Å². The van der Waals surface area contributed by atoms with Crippen LogP contribution in [0.15, 0.2) is 76.3 Å². The quantitative estimate of drug-likeness (QED) is 0.428. The van der Waals surface area contributed by atoms with Crippen molar-refractivity contribution in [2.24, 2.45) is 5.10 Å². The first-order chi connectivity index (χ1) is 16.5. The predicted octanol–water partition coefficient (Wildman–Crippen LogP) is 5.50. The van der Waals surface area contributed by atoms with Crippen molar-refractivity contribution in [1.29, 1.82) is 0 Å². The van der Waals surface area contributed by atoms with E-state index in [9.17, 15) is 4.79 Å². The van der Waals surface area contributed by atoms with E-state index >= 15 is 0 Å². The number of benzene rings is 3. The summed E-state index contributed by atoms with van der Waals surface area (Å²) in [5, 5.41) is 7.04. The summed E-state index contributed by atoms with van der Waals surface area (Å²) in [5.74, 6) is 1.26. The molecule has 0 spiro atoms. The number of ether oxygens (including phenoxy) is 3. The molecule has 3 aliphatic heterocycles. The fourth-order valence-electron chi connectivity index (χ4n) is 5.11. The molecule has 6 rings (SSSR count). The zero-order valence-corrected chi connectivity index (χ0v) is 20.4. The maximum Gasteiger partial charge on any atom is 0.338 e. The summed E-state index contributed by atoms with van der Waals surface area (Å²) in [6, 6.07) is 21.5. The van der Waals surface area contributed by atoms with Crippen molar-refractivity contribution >= 4 is 27.6 Å². The van der Waals surface area contributed by atoms with E-state index in [0.29, 0.717) is 18.4 Å². The lowest BCUT2D eigenvalue weighted by molar-refractivity contribution is -0.175. The van der Waals surface area contributed by atoms with Gasteiger partial charge in [0.25, 0.3) is 0 Å². The van der Waals surface area contributed by atoms with Gasteiger partial charge in [-0.3, -0.25) is 0 Å². The van der Waals surface area contributed by atoms with Crippen molar-refractivity contribution in [2.45, 2.75) is 37.6 Å². The number of cyclic esters (lactones) is 1. The third kappa shape index (κ3) is 3.29. The fourth-order valence-corrected chi connectivity index (χ4v) is 5.48. The van der Waals surface area contributed by atoms with Crippen LogP contribution in [0.1, 0.15) is 46.4 Å². The number of fused-ring (bicyclic) bond motifs is 4. The van der Waals surface area contributed by atoms with E-state index in [0.717, 1.165) is 38.4 Å². The molecular formula is C27H23BrN2O4. The number of halogens is 1. The third-order valence-corrected chi connectivity index (χ3v) is 7.42. The molecular weight excluding hydrogens is 496 g/mol. The van der Waals surface area contributed by atoms with Crippen LogP contribution >= 0.6 is 15.9 Å². The summed E-state index contributed by atoms with van der Waals surface area (Å²) in [5.41, 5.74) is 3.65. The maximum absolute atomic E-state index is 12.9. The van der Waals surface area contributed by atoms with Gasteiger partial charge in [0.1, 0.15) is 11.5 Å². The largest absolute Gasteiger partial charge is 0.497 e. The highest BCUT2D eigenvalue weighted by atomic mass is 79.9. The number of carbonyl (C=O) groups is 1. The van der Waals surface area contributed by atoms with Crippen LogP contribution in [0.3, 0.4) is 0 Å². The normalized spacial score (nSPS) is 24.9. The molecule has 0 N–H and O–H groups in total. The molecule has 0 bridgehead atoms. The molecule has 3 aliphatic rings. The van der Waals surface area contributed by atoms with Crippen LogP contribution in [-0.4, -0.2) is 35.6 Å². The summed E-state index contributed by atoms with van der Waals surface area (Å²) >= 11 is 3.60. The van der Waals surface area contributed by atoms with Crippen LogP contribution in [0.25, 0.3) is 0 Å². The predicted molar refractivity (Wildman–Crippen MR) is 131 cm³/mol. The molecule has 0 aromatic heterocycles. The van der Waals surface area contributed by atoms with Crippen molar-refractivity contribution < 1.29 is 19.0 Å². The maximum atomic E-state index is 12.9. The molecule has 0 saturated carbocycles. The second kappa shape index (κ2) is 7.87. The van der Waals surface area contributed by atoms with Gasteiger partial charge in [0.2, 0.25) is 5.72 Å². The van der Waals surface area contributed by atoms with Gasteiger partial charge in [0, 0.05) is 29.8 Å². The first-order valence-electron chi connectivity index (χ1n) is 11.2. The third-order valence-electron chi connectivity index (χ3n) is 6.93. The molecule has 0 aliphatic carbocycles. The van der Waals surface area contributed by atoms with E-state index in [1.165, 1.54) is 0 Å². The van der Waals surface area contributed by atoms with E-state index in [4.69, 9.17) is 19.3 Å². The number of esters is 1. The standard InChI is InChI=1S/C27H23BrN2O4/c1-27(25-13-17-5-3-4-6-20(17)26(31)33-25)30-23(21-14-18(28)9-12-24(21)34-27)15-22(29-30)16-7-10-19(32-2)11-8-16/h3-12,14,23,25H,13,15H2,1-2H3. The van der Waals surface area contributed by atoms with E-state index < -0.39 is 11.8 Å². The van der Waals surface area contributed by atoms with Crippen LogP contribution in [0.5, 0.6) is 11.5 Å². The van der Waals surface area contributed by atoms with Crippen molar-refractivity contribution in [1.82, 2.24) is 5.01 Å². The lowest BCUT2D eigenvalue weighted by Gasteiger charge is -2.49. The van der Waals surface area contributed by atoms with Crippen molar-refractivity contribution in [2.75, 3.05) is 7.11 Å². The Balaban J connectivity index is 1.43. The number of rotatable bonds is 3. The highest BCUT2D eigenvalue weighted by Crippen LogP contribution is 2.50. The molecule has 0 amide bonds. The molecule has 3 aromatic carbocycles. The molecule has 3 heterocycles. The molecule has 3 unspecified atom stereocenters. The van der Waals surface area contributed by atoms with E-state index in [2.05, 4.69) is 22.0 Å². The number of methoxy groups -OCH3 is 1. The van der Waals surface area contributed by atoms with Crippen LogP contribution in [0.4, 0.5) is 0 Å². The van der Waals surface area contributed by atoms with Crippen molar-refractivity contribution in [3.05, 3.63) is 93.5 Å². The average molecular weight is 519 g/mol. The lowest BCUT2D eigenvalue weighted by Crippen LogP contribution is -2.61. The van der Waals surface area contributed by atoms with E-state index in [-0.39, 0.29) is 12.0 Å². The Morgan fingerprint density at radius 3 is 2.68 bits per heavy atom. The van der Waals surface area contributed by atoms with Crippen LogP contribution in [0, 0.1) is 0 Å². The van der Waals surface area contributed by atoms with Gasteiger partial charge in [-0.05, 0) is 59.7 Å². The Morgan fingerprint density at radius 1 is 1.09 bits per heavy atom. The van der Waals surface area contributed by atoms with Gasteiger partial charge < -0.3 is 14.2 Å². The summed E-state index contributed by atoms with van der Waals surface area (Å²) in [6.07, 6.45) is 0.750. The Labute approximate surface area is 206 Å². The van der Waals surface area contributed by atoms with E-state index in [1.54, 1.807) is 7.11 Å². The summed E-state index contributed by atoms with van der Waals surface area (Å²) in [4.78, 5) is 12.9. The Kier molecular flexibility index (Phi) is 4.92. The summed E-state index contributed by atoms with van der Waals surface area (Å²) in [7, 11) is 1.66. The molecule has 3 aromatic rings. The molecule has 7 heteroatoms. The fraction of sp³-hybridized carbons (Fsp3) is 0.259. The Bertz CT molecular complexity index is 1320. The first kappa shape index (κ1) is 21.2. The summed E-state index contributed by atoms with van der Waals surface area (Å²) in [6.45, 7) is 1.97. The smallest absolute Gasteiger partial charge is 0.338 e. The highest BCUT2D eigenvalue weighted by molar-refractivity contribution is 9.10. The molecule has 3 atom stereocenters. The van der Waals surface area contributed by atoms with Gasteiger partial charge in [-0.15, -0.1) is 0 Å². The average Bonchev–Trinajstić information content (AvgIpc) is 3.32. The van der Waals surface area contributed by atoms with Crippen LogP contribution in [0.2, 0.25) is 0 Å². The zero-order valence-electron chi connectivity index (χ0n) is 18.8. The Hall–Kier alpha value is -3.32. The number of hydrogen-bond donors (Lipinski definition) is 0.